The van der Waals surface area contributed by atoms with Gasteiger partial charge in [-0.15, -0.1) is 0 Å². The highest BCUT2D eigenvalue weighted by molar-refractivity contribution is 5.86. The SMILES string of the molecule is O=C(CCc1n[nH]c2c1CCCC2)N1CCc2c([nH]c3ccccc23)[C@H]1c1ccccc1F. The molecule has 168 valence electrons. The van der Waals surface area contributed by atoms with Crippen molar-refractivity contribution in [2.75, 3.05) is 6.54 Å². The number of nitrogens with one attached hydrogen (secondary N) is 2. The largest absolute Gasteiger partial charge is 0.356 e. The third-order valence-electron chi connectivity index (χ3n) is 7.27. The number of amides is 1. The number of hydrogen-bond donors (Lipinski definition) is 2. The van der Waals surface area contributed by atoms with Crippen LogP contribution < -0.4 is 0 Å². The van der Waals surface area contributed by atoms with E-state index in [1.807, 2.05) is 29.2 Å². The molecule has 0 unspecified atom stereocenters. The number of carbonyl (C=O) groups is 1. The van der Waals surface area contributed by atoms with E-state index in [0.29, 0.717) is 24.9 Å². The summed E-state index contributed by atoms with van der Waals surface area (Å²) in [7, 11) is 0. The fraction of sp³-hybridized carbons (Fsp3) is 0.333. The summed E-state index contributed by atoms with van der Waals surface area (Å²) in [6, 6.07) is 14.5. The molecule has 0 fully saturated rings. The number of benzene rings is 2. The van der Waals surface area contributed by atoms with Crippen LogP contribution >= 0.6 is 0 Å². The van der Waals surface area contributed by atoms with Crippen molar-refractivity contribution in [2.45, 2.75) is 51.0 Å². The molecule has 0 radical (unpaired) electrons. The van der Waals surface area contributed by atoms with E-state index < -0.39 is 6.04 Å². The lowest BCUT2D eigenvalue weighted by molar-refractivity contribution is -0.133. The van der Waals surface area contributed by atoms with Crippen LogP contribution in [0.15, 0.2) is 48.5 Å². The number of aromatic amines is 2. The van der Waals surface area contributed by atoms with Crippen LogP contribution in [0.25, 0.3) is 10.9 Å². The predicted molar refractivity (Wildman–Crippen MR) is 126 cm³/mol. The molecule has 6 rings (SSSR count). The van der Waals surface area contributed by atoms with Gasteiger partial charge in [0.1, 0.15) is 11.9 Å². The monoisotopic (exact) mass is 442 g/mol. The highest BCUT2D eigenvalue weighted by atomic mass is 19.1. The van der Waals surface area contributed by atoms with E-state index in [4.69, 9.17) is 0 Å². The van der Waals surface area contributed by atoms with Crippen LogP contribution in [0, 0.1) is 5.82 Å². The second-order valence-electron chi connectivity index (χ2n) is 9.16. The first-order valence-corrected chi connectivity index (χ1v) is 11.9. The lowest BCUT2D eigenvalue weighted by Gasteiger charge is -2.36. The smallest absolute Gasteiger partial charge is 0.223 e. The van der Waals surface area contributed by atoms with Crippen molar-refractivity contribution < 1.29 is 9.18 Å². The number of hydrogen-bond acceptors (Lipinski definition) is 2. The Morgan fingerprint density at radius 3 is 2.76 bits per heavy atom. The van der Waals surface area contributed by atoms with Crippen molar-refractivity contribution >= 4 is 16.8 Å². The maximum atomic E-state index is 15.0. The summed E-state index contributed by atoms with van der Waals surface area (Å²) in [6.45, 7) is 0.575. The summed E-state index contributed by atoms with van der Waals surface area (Å²) in [6.07, 6.45) is 6.20. The quantitative estimate of drug-likeness (QED) is 0.466. The molecule has 0 saturated heterocycles. The number of H-pyrrole nitrogens is 2. The molecule has 3 heterocycles. The number of fused-ring (bicyclic) bond motifs is 4. The Labute approximate surface area is 192 Å². The summed E-state index contributed by atoms with van der Waals surface area (Å²) < 4.78 is 15.0. The van der Waals surface area contributed by atoms with Gasteiger partial charge < -0.3 is 9.88 Å². The normalized spacial score (nSPS) is 17.7. The Bertz CT molecular complexity index is 1340. The highest BCUT2D eigenvalue weighted by Gasteiger charge is 2.35. The first-order chi connectivity index (χ1) is 16.2. The topological polar surface area (TPSA) is 64.8 Å². The van der Waals surface area contributed by atoms with Crippen LogP contribution in [0.2, 0.25) is 0 Å². The van der Waals surface area contributed by atoms with Crippen molar-refractivity contribution in [3.63, 3.8) is 0 Å². The summed E-state index contributed by atoms with van der Waals surface area (Å²) in [5.74, 6) is -0.242. The van der Waals surface area contributed by atoms with Gasteiger partial charge in [0.05, 0.1) is 5.69 Å². The average molecular weight is 443 g/mol. The maximum absolute atomic E-state index is 15.0. The number of carbonyl (C=O) groups excluding carboxylic acids is 1. The van der Waals surface area contributed by atoms with Crippen LogP contribution in [0.3, 0.4) is 0 Å². The first-order valence-electron chi connectivity index (χ1n) is 11.9. The third kappa shape index (κ3) is 3.45. The molecule has 2 aliphatic rings. The van der Waals surface area contributed by atoms with E-state index >= 15 is 0 Å². The molecule has 2 aromatic heterocycles. The summed E-state index contributed by atoms with van der Waals surface area (Å²) in [4.78, 5) is 18.9. The molecule has 1 amide bonds. The van der Waals surface area contributed by atoms with Gasteiger partial charge in [0.25, 0.3) is 0 Å². The molecule has 6 heteroatoms. The Balaban J connectivity index is 1.34. The van der Waals surface area contributed by atoms with Gasteiger partial charge in [-0.2, -0.15) is 5.10 Å². The van der Waals surface area contributed by atoms with Crippen LogP contribution in [0.1, 0.15) is 59.1 Å². The molecule has 0 saturated carbocycles. The molecule has 0 bridgehead atoms. The molecule has 4 aromatic rings. The number of rotatable bonds is 4. The van der Waals surface area contributed by atoms with Gasteiger partial charge in [-0.05, 0) is 55.4 Å². The van der Waals surface area contributed by atoms with Gasteiger partial charge in [-0.25, -0.2) is 4.39 Å². The summed E-state index contributed by atoms with van der Waals surface area (Å²) >= 11 is 0. The van der Waals surface area contributed by atoms with E-state index in [-0.39, 0.29) is 11.7 Å². The molecule has 33 heavy (non-hydrogen) atoms. The van der Waals surface area contributed by atoms with Crippen LogP contribution in [0.4, 0.5) is 4.39 Å². The van der Waals surface area contributed by atoms with Crippen LogP contribution in [-0.2, 0) is 30.5 Å². The second-order valence-corrected chi connectivity index (χ2v) is 9.16. The molecular formula is C27H27FN4O. The van der Waals surface area contributed by atoms with E-state index in [0.717, 1.165) is 41.6 Å². The molecule has 2 aromatic carbocycles. The molecule has 1 aliphatic carbocycles. The Morgan fingerprint density at radius 1 is 1.03 bits per heavy atom. The van der Waals surface area contributed by atoms with Crippen molar-refractivity contribution in [1.82, 2.24) is 20.1 Å². The minimum absolute atomic E-state index is 0.0418. The van der Waals surface area contributed by atoms with E-state index in [9.17, 15) is 9.18 Å². The maximum Gasteiger partial charge on any atom is 0.223 e. The lowest BCUT2D eigenvalue weighted by Crippen LogP contribution is -2.41. The molecule has 5 nitrogen and oxygen atoms in total. The minimum Gasteiger partial charge on any atom is -0.356 e. The van der Waals surface area contributed by atoms with Gasteiger partial charge in [-0.1, -0.05) is 36.4 Å². The highest BCUT2D eigenvalue weighted by Crippen LogP contribution is 2.39. The third-order valence-corrected chi connectivity index (χ3v) is 7.27. The van der Waals surface area contributed by atoms with E-state index in [1.54, 1.807) is 12.1 Å². The number of aromatic nitrogens is 3. The summed E-state index contributed by atoms with van der Waals surface area (Å²) in [5, 5.41) is 8.84. The average Bonchev–Trinajstić information content (AvgIpc) is 3.44. The fourth-order valence-electron chi connectivity index (χ4n) is 5.66. The zero-order chi connectivity index (χ0) is 22.4. The van der Waals surface area contributed by atoms with Crippen molar-refractivity contribution in [2.24, 2.45) is 0 Å². The Kier molecular flexibility index (Phi) is 5.01. The Hall–Kier alpha value is -3.41. The van der Waals surface area contributed by atoms with Crippen LogP contribution in [-0.4, -0.2) is 32.5 Å². The standard InChI is InChI=1S/C27H27FN4O/c28-21-10-4-1-8-19(21)27-26-18(17-7-2-5-11-22(17)29-26)15-16-32(27)25(33)14-13-24-20-9-3-6-12-23(20)30-31-24/h1-2,4-5,7-8,10-11,27,29H,3,6,9,12-16H2,(H,30,31)/t27-/m1/s1. The molecule has 1 aliphatic heterocycles. The van der Waals surface area contributed by atoms with Crippen molar-refractivity contribution in [3.8, 4) is 0 Å². The van der Waals surface area contributed by atoms with Gasteiger partial charge >= 0.3 is 0 Å². The van der Waals surface area contributed by atoms with Crippen molar-refractivity contribution in [1.29, 1.82) is 0 Å². The number of aryl methyl sites for hydroxylation is 2. The molecule has 1 atom stereocenters. The second kappa shape index (κ2) is 8.18. The van der Waals surface area contributed by atoms with E-state index in [2.05, 4.69) is 21.2 Å². The predicted octanol–water partition coefficient (Wildman–Crippen LogP) is 5.02. The Morgan fingerprint density at radius 2 is 1.85 bits per heavy atom. The van der Waals surface area contributed by atoms with Crippen molar-refractivity contribution in [3.05, 3.63) is 88.1 Å². The van der Waals surface area contributed by atoms with Gasteiger partial charge in [0.15, 0.2) is 0 Å². The minimum atomic E-state index is -0.456. The number of para-hydroxylation sites is 1. The number of halogens is 1. The molecular weight excluding hydrogens is 415 g/mol. The zero-order valence-electron chi connectivity index (χ0n) is 18.5. The fourth-order valence-corrected chi connectivity index (χ4v) is 5.66. The number of nitrogens with zero attached hydrogens (tertiary/aromatic N) is 2. The van der Waals surface area contributed by atoms with Crippen LogP contribution in [0.5, 0.6) is 0 Å². The van der Waals surface area contributed by atoms with Gasteiger partial charge in [0.2, 0.25) is 5.91 Å². The molecule has 0 spiro atoms. The zero-order valence-corrected chi connectivity index (χ0v) is 18.5. The lowest BCUT2D eigenvalue weighted by atomic mass is 9.91. The van der Waals surface area contributed by atoms with E-state index in [1.165, 1.54) is 35.7 Å². The van der Waals surface area contributed by atoms with Gasteiger partial charge in [0, 0.05) is 47.2 Å². The summed E-state index contributed by atoms with van der Waals surface area (Å²) in [5.41, 5.74) is 7.23. The molecule has 2 N–H and O–H groups in total. The van der Waals surface area contributed by atoms with Gasteiger partial charge in [-0.3, -0.25) is 9.89 Å². The first kappa shape index (κ1) is 20.2.